The number of rotatable bonds is 6. The molecule has 1 unspecified atom stereocenters. The van der Waals surface area contributed by atoms with E-state index in [4.69, 9.17) is 9.15 Å². The van der Waals surface area contributed by atoms with Crippen molar-refractivity contribution in [3.05, 3.63) is 84.3 Å². The first-order valence-corrected chi connectivity index (χ1v) is 9.60. The second kappa shape index (κ2) is 8.87. The van der Waals surface area contributed by atoms with Crippen molar-refractivity contribution in [1.29, 1.82) is 0 Å². The molecule has 2 heterocycles. The van der Waals surface area contributed by atoms with Crippen LogP contribution in [0, 0.1) is 0 Å². The molecule has 1 atom stereocenters. The van der Waals surface area contributed by atoms with Crippen molar-refractivity contribution >= 4 is 5.91 Å². The first-order valence-electron chi connectivity index (χ1n) is 9.60. The molecule has 1 aliphatic heterocycles. The molecule has 0 aliphatic carbocycles. The fourth-order valence-electron chi connectivity index (χ4n) is 3.52. The number of benzene rings is 2. The molecule has 0 saturated carbocycles. The zero-order valence-corrected chi connectivity index (χ0v) is 15.7. The molecule has 3 aromatic rings. The van der Waals surface area contributed by atoms with E-state index in [0.29, 0.717) is 25.3 Å². The van der Waals surface area contributed by atoms with Crippen LogP contribution in [-0.4, -0.2) is 43.7 Å². The second-order valence-corrected chi connectivity index (χ2v) is 6.83. The van der Waals surface area contributed by atoms with Crippen molar-refractivity contribution < 1.29 is 13.9 Å². The summed E-state index contributed by atoms with van der Waals surface area (Å²) in [4.78, 5) is 15.0. The van der Waals surface area contributed by atoms with Crippen LogP contribution in [0.4, 0.5) is 0 Å². The maximum atomic E-state index is 12.7. The summed E-state index contributed by atoms with van der Waals surface area (Å²) in [5, 5.41) is 3.06. The van der Waals surface area contributed by atoms with Gasteiger partial charge in [0.05, 0.1) is 25.5 Å². The Balaban J connectivity index is 1.42. The van der Waals surface area contributed by atoms with Gasteiger partial charge in [-0.05, 0) is 35.4 Å². The molecule has 5 nitrogen and oxygen atoms in total. The van der Waals surface area contributed by atoms with Crippen LogP contribution in [-0.2, 0) is 4.74 Å². The zero-order chi connectivity index (χ0) is 19.2. The highest BCUT2D eigenvalue weighted by Gasteiger charge is 2.25. The zero-order valence-electron chi connectivity index (χ0n) is 15.7. The Hall–Kier alpha value is -2.89. The van der Waals surface area contributed by atoms with E-state index in [9.17, 15) is 4.79 Å². The van der Waals surface area contributed by atoms with Crippen LogP contribution < -0.4 is 5.32 Å². The van der Waals surface area contributed by atoms with Crippen molar-refractivity contribution in [1.82, 2.24) is 10.2 Å². The highest BCUT2D eigenvalue weighted by molar-refractivity contribution is 5.94. The summed E-state index contributed by atoms with van der Waals surface area (Å²) in [5.41, 5.74) is 2.89. The fraction of sp³-hybridized carbons (Fsp3) is 0.261. The van der Waals surface area contributed by atoms with Crippen LogP contribution in [0.2, 0.25) is 0 Å². The number of morpholine rings is 1. The molecular formula is C23H24N2O3. The number of furan rings is 1. The molecular weight excluding hydrogens is 352 g/mol. The molecule has 144 valence electrons. The molecule has 0 radical (unpaired) electrons. The third-order valence-corrected chi connectivity index (χ3v) is 5.07. The second-order valence-electron chi connectivity index (χ2n) is 6.83. The largest absolute Gasteiger partial charge is 0.468 e. The lowest BCUT2D eigenvalue weighted by atomic mass is 10.0. The molecule has 1 saturated heterocycles. The van der Waals surface area contributed by atoms with E-state index in [1.165, 1.54) is 0 Å². The smallest absolute Gasteiger partial charge is 0.251 e. The highest BCUT2D eigenvalue weighted by atomic mass is 16.5. The Labute approximate surface area is 164 Å². The molecule has 1 N–H and O–H groups in total. The van der Waals surface area contributed by atoms with Gasteiger partial charge in [0.25, 0.3) is 5.91 Å². The van der Waals surface area contributed by atoms with Crippen LogP contribution in [0.15, 0.2) is 77.4 Å². The van der Waals surface area contributed by atoms with Gasteiger partial charge in [-0.3, -0.25) is 9.69 Å². The minimum Gasteiger partial charge on any atom is -0.468 e. The molecule has 1 amide bonds. The van der Waals surface area contributed by atoms with Crippen LogP contribution in [0.3, 0.4) is 0 Å². The number of carbonyl (C=O) groups excluding carboxylic acids is 1. The van der Waals surface area contributed by atoms with Crippen molar-refractivity contribution in [2.75, 3.05) is 32.8 Å². The summed E-state index contributed by atoms with van der Waals surface area (Å²) < 4.78 is 11.1. The Kier molecular flexibility index (Phi) is 5.85. The van der Waals surface area contributed by atoms with Crippen LogP contribution in [0.1, 0.15) is 22.2 Å². The van der Waals surface area contributed by atoms with Gasteiger partial charge < -0.3 is 14.5 Å². The van der Waals surface area contributed by atoms with Gasteiger partial charge >= 0.3 is 0 Å². The van der Waals surface area contributed by atoms with E-state index in [-0.39, 0.29) is 11.9 Å². The topological polar surface area (TPSA) is 54.7 Å². The van der Waals surface area contributed by atoms with Gasteiger partial charge in [0.2, 0.25) is 0 Å². The van der Waals surface area contributed by atoms with Crippen LogP contribution >= 0.6 is 0 Å². The summed E-state index contributed by atoms with van der Waals surface area (Å²) in [7, 11) is 0. The number of amides is 1. The minimum absolute atomic E-state index is 0.00596. The van der Waals surface area contributed by atoms with E-state index in [1.807, 2.05) is 54.6 Å². The summed E-state index contributed by atoms with van der Waals surface area (Å²) in [5.74, 6) is 0.783. The Morgan fingerprint density at radius 1 is 0.929 bits per heavy atom. The number of ether oxygens (including phenoxy) is 1. The number of nitrogens with one attached hydrogen (secondary N) is 1. The molecule has 1 aromatic heterocycles. The van der Waals surface area contributed by atoms with Gasteiger partial charge in [0.15, 0.2) is 0 Å². The van der Waals surface area contributed by atoms with Crippen LogP contribution in [0.5, 0.6) is 0 Å². The van der Waals surface area contributed by atoms with Crippen molar-refractivity contribution in [2.45, 2.75) is 6.04 Å². The fourth-order valence-corrected chi connectivity index (χ4v) is 3.52. The molecule has 1 fully saturated rings. The van der Waals surface area contributed by atoms with Crippen molar-refractivity contribution in [3.8, 4) is 11.1 Å². The van der Waals surface area contributed by atoms with E-state index in [1.54, 1.807) is 6.26 Å². The van der Waals surface area contributed by atoms with Crippen molar-refractivity contribution in [2.24, 2.45) is 0 Å². The summed E-state index contributed by atoms with van der Waals surface area (Å²) >= 11 is 0. The van der Waals surface area contributed by atoms with E-state index < -0.39 is 0 Å². The Morgan fingerprint density at radius 2 is 1.64 bits per heavy atom. The maximum absolute atomic E-state index is 12.7. The van der Waals surface area contributed by atoms with Crippen LogP contribution in [0.25, 0.3) is 11.1 Å². The normalized spacial score (nSPS) is 15.9. The average Bonchev–Trinajstić information content (AvgIpc) is 3.30. The minimum atomic E-state index is -0.0792. The van der Waals surface area contributed by atoms with Gasteiger partial charge in [-0.2, -0.15) is 0 Å². The highest BCUT2D eigenvalue weighted by Crippen LogP contribution is 2.22. The lowest BCUT2D eigenvalue weighted by Gasteiger charge is -2.33. The van der Waals surface area contributed by atoms with Gasteiger partial charge in [0.1, 0.15) is 5.76 Å². The number of nitrogens with zero attached hydrogens (tertiary/aromatic N) is 1. The Morgan fingerprint density at radius 3 is 2.32 bits per heavy atom. The predicted octanol–water partition coefficient (Wildman–Crippen LogP) is 3.75. The quantitative estimate of drug-likeness (QED) is 0.712. The van der Waals surface area contributed by atoms with Gasteiger partial charge in [0, 0.05) is 25.2 Å². The SMILES string of the molecule is O=C(NCC(c1ccco1)N1CCOCC1)c1ccc(-c2ccccc2)cc1. The number of hydrogen-bond donors (Lipinski definition) is 1. The molecule has 0 spiro atoms. The monoisotopic (exact) mass is 376 g/mol. The summed E-state index contributed by atoms with van der Waals surface area (Å²) in [6, 6.07) is 21.7. The molecule has 28 heavy (non-hydrogen) atoms. The lowest BCUT2D eigenvalue weighted by molar-refractivity contribution is 0.0118. The average molecular weight is 376 g/mol. The van der Waals surface area contributed by atoms with Crippen molar-refractivity contribution in [3.63, 3.8) is 0 Å². The van der Waals surface area contributed by atoms with Gasteiger partial charge in [-0.25, -0.2) is 0 Å². The molecule has 2 aromatic carbocycles. The summed E-state index contributed by atoms with van der Waals surface area (Å²) in [6.45, 7) is 3.55. The third-order valence-electron chi connectivity index (χ3n) is 5.07. The molecule has 0 bridgehead atoms. The first kappa shape index (κ1) is 18.5. The molecule has 1 aliphatic rings. The van der Waals surface area contributed by atoms with E-state index >= 15 is 0 Å². The number of hydrogen-bond acceptors (Lipinski definition) is 4. The third kappa shape index (κ3) is 4.32. The van der Waals surface area contributed by atoms with E-state index in [0.717, 1.165) is 30.0 Å². The molecule has 4 rings (SSSR count). The predicted molar refractivity (Wildman–Crippen MR) is 108 cm³/mol. The molecule has 5 heteroatoms. The van der Waals surface area contributed by atoms with Gasteiger partial charge in [-0.1, -0.05) is 42.5 Å². The lowest BCUT2D eigenvalue weighted by Crippen LogP contribution is -2.43. The first-order chi connectivity index (χ1) is 13.8. The Bertz CT molecular complexity index is 870. The standard InChI is InChI=1S/C23H24N2O3/c26-23(20-10-8-19(9-11-20)18-5-2-1-3-6-18)24-17-21(22-7-4-14-28-22)25-12-15-27-16-13-25/h1-11,14,21H,12-13,15-17H2,(H,24,26). The maximum Gasteiger partial charge on any atom is 0.251 e. The number of carbonyl (C=O) groups is 1. The van der Waals surface area contributed by atoms with Gasteiger partial charge in [-0.15, -0.1) is 0 Å². The summed E-state index contributed by atoms with van der Waals surface area (Å²) in [6.07, 6.45) is 1.67. The van der Waals surface area contributed by atoms with E-state index in [2.05, 4.69) is 22.3 Å².